The van der Waals surface area contributed by atoms with E-state index in [1.807, 2.05) is 12.1 Å². The van der Waals surface area contributed by atoms with Crippen molar-refractivity contribution < 1.29 is 13.9 Å². The van der Waals surface area contributed by atoms with Crippen LogP contribution in [0.3, 0.4) is 0 Å². The van der Waals surface area contributed by atoms with Crippen LogP contribution in [0.4, 0.5) is 20.5 Å². The normalized spacial score (nSPS) is 10.6. The molecule has 8 heteroatoms. The van der Waals surface area contributed by atoms with Crippen LogP contribution in [0.2, 0.25) is 0 Å². The Labute approximate surface area is 155 Å². The molecule has 0 aliphatic carbocycles. The zero-order valence-corrected chi connectivity index (χ0v) is 14.5. The summed E-state index contributed by atoms with van der Waals surface area (Å²) in [5.74, 6) is -0.352. The van der Waals surface area contributed by atoms with Crippen LogP contribution >= 0.6 is 0 Å². The fourth-order valence-corrected chi connectivity index (χ4v) is 2.47. The standard InChI is InChI=1S/C19H19F2N5O/c20-15-8-13(9-16(21)10-15)12-24-18-11-17(14-2-5-22-6-3-14)25-19(26-18)23-4-1-7-27/h2-3,5-6,8-11,27H,1,4,7,12H2,(H2,23,24,25,26). The summed E-state index contributed by atoms with van der Waals surface area (Å²) >= 11 is 0. The van der Waals surface area contributed by atoms with Crippen LogP contribution in [-0.2, 0) is 6.54 Å². The van der Waals surface area contributed by atoms with Crippen molar-refractivity contribution in [2.45, 2.75) is 13.0 Å². The van der Waals surface area contributed by atoms with Gasteiger partial charge in [0.1, 0.15) is 17.5 Å². The van der Waals surface area contributed by atoms with Crippen molar-refractivity contribution in [2.24, 2.45) is 0 Å². The minimum Gasteiger partial charge on any atom is -0.396 e. The first-order valence-corrected chi connectivity index (χ1v) is 8.47. The van der Waals surface area contributed by atoms with Gasteiger partial charge in [-0.05, 0) is 36.2 Å². The largest absolute Gasteiger partial charge is 0.396 e. The van der Waals surface area contributed by atoms with Crippen molar-refractivity contribution in [3.63, 3.8) is 0 Å². The number of benzene rings is 1. The molecule has 0 saturated heterocycles. The van der Waals surface area contributed by atoms with Gasteiger partial charge in [0.15, 0.2) is 0 Å². The highest BCUT2D eigenvalue weighted by Gasteiger charge is 2.08. The third-order valence-electron chi connectivity index (χ3n) is 3.72. The smallest absolute Gasteiger partial charge is 0.225 e. The fraction of sp³-hybridized carbons (Fsp3) is 0.211. The van der Waals surface area contributed by atoms with Crippen LogP contribution in [0.25, 0.3) is 11.3 Å². The molecule has 0 radical (unpaired) electrons. The Bertz CT molecular complexity index is 872. The second-order valence-corrected chi connectivity index (χ2v) is 5.83. The number of anilines is 2. The molecule has 3 aromatic rings. The maximum atomic E-state index is 13.3. The van der Waals surface area contributed by atoms with Crippen molar-refractivity contribution >= 4 is 11.8 Å². The Hall–Kier alpha value is -3.13. The lowest BCUT2D eigenvalue weighted by Gasteiger charge is -2.11. The average Bonchev–Trinajstić information content (AvgIpc) is 2.66. The molecule has 3 N–H and O–H groups in total. The molecule has 0 saturated carbocycles. The van der Waals surface area contributed by atoms with Crippen LogP contribution in [0, 0.1) is 11.6 Å². The Balaban J connectivity index is 1.82. The molecule has 0 spiro atoms. The summed E-state index contributed by atoms with van der Waals surface area (Å²) in [6.07, 6.45) is 3.89. The van der Waals surface area contributed by atoms with Gasteiger partial charge in [0.2, 0.25) is 5.95 Å². The van der Waals surface area contributed by atoms with Gasteiger partial charge in [-0.2, -0.15) is 4.98 Å². The van der Waals surface area contributed by atoms with E-state index in [2.05, 4.69) is 25.6 Å². The van der Waals surface area contributed by atoms with Gasteiger partial charge in [-0.3, -0.25) is 4.98 Å². The van der Waals surface area contributed by atoms with Crippen LogP contribution in [0.1, 0.15) is 12.0 Å². The third-order valence-corrected chi connectivity index (χ3v) is 3.72. The van der Waals surface area contributed by atoms with Gasteiger partial charge in [-0.25, -0.2) is 13.8 Å². The Kier molecular flexibility index (Phi) is 6.22. The predicted octanol–water partition coefficient (Wildman–Crippen LogP) is 3.22. The molecule has 0 fully saturated rings. The molecule has 140 valence electrons. The maximum absolute atomic E-state index is 13.3. The number of nitrogens with one attached hydrogen (secondary N) is 2. The quantitative estimate of drug-likeness (QED) is 0.528. The summed E-state index contributed by atoms with van der Waals surface area (Å²) in [7, 11) is 0. The third kappa shape index (κ3) is 5.42. The minimum absolute atomic E-state index is 0.0628. The molecule has 27 heavy (non-hydrogen) atoms. The summed E-state index contributed by atoms with van der Waals surface area (Å²) in [5.41, 5.74) is 2.00. The fourth-order valence-electron chi connectivity index (χ4n) is 2.47. The Morgan fingerprint density at radius 3 is 2.37 bits per heavy atom. The number of pyridine rings is 1. The number of hydrogen-bond acceptors (Lipinski definition) is 6. The van der Waals surface area contributed by atoms with Crippen LogP contribution in [0.5, 0.6) is 0 Å². The van der Waals surface area contributed by atoms with Crippen LogP contribution < -0.4 is 10.6 Å². The summed E-state index contributed by atoms with van der Waals surface area (Å²) in [5, 5.41) is 15.0. The molecule has 6 nitrogen and oxygen atoms in total. The predicted molar refractivity (Wildman–Crippen MR) is 99.1 cm³/mol. The van der Waals surface area contributed by atoms with Gasteiger partial charge in [0.05, 0.1) is 5.69 Å². The van der Waals surface area contributed by atoms with Crippen LogP contribution in [0.15, 0.2) is 48.8 Å². The Morgan fingerprint density at radius 1 is 0.926 bits per heavy atom. The molecule has 2 aromatic heterocycles. The van der Waals surface area contributed by atoms with Crippen molar-refractivity contribution in [1.82, 2.24) is 15.0 Å². The highest BCUT2D eigenvalue weighted by atomic mass is 19.1. The van der Waals surface area contributed by atoms with Crippen molar-refractivity contribution in [3.8, 4) is 11.3 Å². The summed E-state index contributed by atoms with van der Waals surface area (Å²) in [6.45, 7) is 0.787. The van der Waals surface area contributed by atoms with Gasteiger partial charge < -0.3 is 15.7 Å². The van der Waals surface area contributed by atoms with Crippen molar-refractivity contribution in [1.29, 1.82) is 0 Å². The van der Waals surface area contributed by atoms with Gasteiger partial charge in [-0.1, -0.05) is 0 Å². The Morgan fingerprint density at radius 2 is 1.67 bits per heavy atom. The number of aliphatic hydroxyl groups excluding tert-OH is 1. The molecule has 3 rings (SSSR count). The van der Waals surface area contributed by atoms with E-state index in [1.54, 1.807) is 18.5 Å². The molecule has 0 unspecified atom stereocenters. The highest BCUT2D eigenvalue weighted by Crippen LogP contribution is 2.21. The summed E-state index contributed by atoms with van der Waals surface area (Å²) in [4.78, 5) is 12.8. The van der Waals surface area contributed by atoms with E-state index >= 15 is 0 Å². The van der Waals surface area contributed by atoms with Crippen LogP contribution in [-0.4, -0.2) is 33.2 Å². The number of nitrogens with zero attached hydrogens (tertiary/aromatic N) is 3. The number of hydrogen-bond donors (Lipinski definition) is 3. The van der Waals surface area contributed by atoms with E-state index in [0.29, 0.717) is 36.0 Å². The second kappa shape index (κ2) is 9.00. The monoisotopic (exact) mass is 371 g/mol. The molecule has 0 amide bonds. The van der Waals surface area contributed by atoms with Crippen molar-refractivity contribution in [3.05, 3.63) is 66.0 Å². The topological polar surface area (TPSA) is 83.0 Å². The van der Waals surface area contributed by atoms with E-state index in [-0.39, 0.29) is 13.2 Å². The lowest BCUT2D eigenvalue weighted by Crippen LogP contribution is -2.10. The first kappa shape index (κ1) is 18.7. The maximum Gasteiger partial charge on any atom is 0.225 e. The summed E-state index contributed by atoms with van der Waals surface area (Å²) < 4.78 is 26.7. The van der Waals surface area contributed by atoms with Gasteiger partial charge in [0.25, 0.3) is 0 Å². The van der Waals surface area contributed by atoms with E-state index < -0.39 is 11.6 Å². The molecule has 2 heterocycles. The van der Waals surface area contributed by atoms with Gasteiger partial charge in [-0.15, -0.1) is 0 Å². The zero-order chi connectivity index (χ0) is 19.1. The van der Waals surface area contributed by atoms with E-state index in [9.17, 15) is 8.78 Å². The van der Waals surface area contributed by atoms with Gasteiger partial charge >= 0.3 is 0 Å². The molecule has 0 bridgehead atoms. The SMILES string of the molecule is OCCCNc1nc(NCc2cc(F)cc(F)c2)cc(-c2ccncc2)n1. The lowest BCUT2D eigenvalue weighted by molar-refractivity contribution is 0.292. The second-order valence-electron chi connectivity index (χ2n) is 5.83. The molecule has 0 aliphatic heterocycles. The number of rotatable bonds is 8. The lowest BCUT2D eigenvalue weighted by atomic mass is 10.2. The molecule has 0 aliphatic rings. The number of aromatic nitrogens is 3. The highest BCUT2D eigenvalue weighted by molar-refractivity contribution is 5.63. The van der Waals surface area contributed by atoms with E-state index in [0.717, 1.165) is 11.6 Å². The van der Waals surface area contributed by atoms with Crippen molar-refractivity contribution in [2.75, 3.05) is 23.8 Å². The minimum atomic E-state index is -0.627. The molecule has 0 atom stereocenters. The average molecular weight is 371 g/mol. The number of aliphatic hydroxyl groups is 1. The molecular formula is C19H19F2N5O. The zero-order valence-electron chi connectivity index (χ0n) is 14.5. The number of halogens is 2. The van der Waals surface area contributed by atoms with Gasteiger partial charge in [0, 0.05) is 49.8 Å². The molecular weight excluding hydrogens is 352 g/mol. The summed E-state index contributed by atoms with van der Waals surface area (Å²) in [6, 6.07) is 8.77. The first-order chi connectivity index (χ1) is 13.1. The first-order valence-electron chi connectivity index (χ1n) is 8.47. The van der Waals surface area contributed by atoms with E-state index in [1.165, 1.54) is 12.1 Å². The van der Waals surface area contributed by atoms with E-state index in [4.69, 9.17) is 5.11 Å². The molecule has 1 aromatic carbocycles.